The number of rotatable bonds is 7. The molecule has 0 spiro atoms. The van der Waals surface area contributed by atoms with Crippen molar-refractivity contribution in [2.75, 3.05) is 6.61 Å². The average Bonchev–Trinajstić information content (AvgIpc) is 2.08. The minimum Gasteiger partial charge on any atom is -0.466 e. The highest BCUT2D eigenvalue weighted by Crippen LogP contribution is 2.05. The Morgan fingerprint density at radius 3 is 2.29 bits per heavy atom. The maximum Gasteiger partial charge on any atom is 0.302 e. The summed E-state index contributed by atoms with van der Waals surface area (Å²) in [7, 11) is 0. The van der Waals surface area contributed by atoms with Gasteiger partial charge in [-0.15, -0.1) is 0 Å². The lowest BCUT2D eigenvalue weighted by Gasteiger charge is -2.01. The van der Waals surface area contributed by atoms with Gasteiger partial charge in [-0.2, -0.15) is 0 Å². The summed E-state index contributed by atoms with van der Waals surface area (Å²) in [6.45, 7) is 6.29. The minimum atomic E-state index is -0.172. The Hall–Kier alpha value is -0.790. The number of hydrogen-bond acceptors (Lipinski definition) is 2. The highest BCUT2D eigenvalue weighted by Gasteiger charge is 1.92. The first-order chi connectivity index (χ1) is 6.63. The van der Waals surface area contributed by atoms with Crippen molar-refractivity contribution in [3.8, 4) is 0 Å². The quantitative estimate of drug-likeness (QED) is 0.356. The van der Waals surface area contributed by atoms with E-state index in [9.17, 15) is 4.79 Å². The number of allylic oxidation sites excluding steroid dienone is 2. The van der Waals surface area contributed by atoms with Crippen LogP contribution in [0.25, 0.3) is 0 Å². The molecule has 0 rings (SSSR count). The maximum absolute atomic E-state index is 10.4. The SMILES string of the molecule is CC(=O)OCCCCCCC=C(C)C. The Labute approximate surface area is 87.3 Å². The van der Waals surface area contributed by atoms with Crippen molar-refractivity contribution in [2.24, 2.45) is 0 Å². The number of carbonyl (C=O) groups is 1. The van der Waals surface area contributed by atoms with E-state index >= 15 is 0 Å². The van der Waals surface area contributed by atoms with E-state index < -0.39 is 0 Å². The standard InChI is InChI=1S/C12H22O2/c1-11(2)9-7-5-4-6-8-10-14-12(3)13/h9H,4-8,10H2,1-3H3. The first-order valence-corrected chi connectivity index (χ1v) is 5.39. The summed E-state index contributed by atoms with van der Waals surface area (Å²) < 4.78 is 4.84. The summed E-state index contributed by atoms with van der Waals surface area (Å²) in [6.07, 6.45) is 8.07. The van der Waals surface area contributed by atoms with Crippen LogP contribution in [0.5, 0.6) is 0 Å². The van der Waals surface area contributed by atoms with Crippen LogP contribution in [0.15, 0.2) is 11.6 Å². The van der Waals surface area contributed by atoms with Gasteiger partial charge in [0.1, 0.15) is 0 Å². The summed E-state index contributed by atoms with van der Waals surface area (Å²) >= 11 is 0. The highest BCUT2D eigenvalue weighted by molar-refractivity contribution is 5.65. The van der Waals surface area contributed by atoms with E-state index in [4.69, 9.17) is 4.74 Å². The Bertz CT molecular complexity index is 179. The third-order valence-electron chi connectivity index (χ3n) is 1.96. The molecule has 0 aromatic rings. The van der Waals surface area contributed by atoms with Gasteiger partial charge in [0.25, 0.3) is 0 Å². The van der Waals surface area contributed by atoms with E-state index in [1.807, 2.05) is 0 Å². The van der Waals surface area contributed by atoms with E-state index in [1.165, 1.54) is 31.8 Å². The molecule has 0 aromatic carbocycles. The molecule has 2 nitrogen and oxygen atoms in total. The molecule has 0 aliphatic heterocycles. The fourth-order valence-corrected chi connectivity index (χ4v) is 1.21. The zero-order valence-electron chi connectivity index (χ0n) is 9.64. The highest BCUT2D eigenvalue weighted by atomic mass is 16.5. The van der Waals surface area contributed by atoms with Gasteiger partial charge in [0, 0.05) is 6.92 Å². The van der Waals surface area contributed by atoms with Crippen LogP contribution in [-0.4, -0.2) is 12.6 Å². The molecule has 0 aliphatic carbocycles. The fourth-order valence-electron chi connectivity index (χ4n) is 1.21. The van der Waals surface area contributed by atoms with Crippen molar-refractivity contribution in [1.29, 1.82) is 0 Å². The van der Waals surface area contributed by atoms with Crippen LogP contribution >= 0.6 is 0 Å². The van der Waals surface area contributed by atoms with Crippen LogP contribution < -0.4 is 0 Å². The molecule has 0 unspecified atom stereocenters. The lowest BCUT2D eigenvalue weighted by atomic mass is 10.1. The molecule has 0 aliphatic rings. The lowest BCUT2D eigenvalue weighted by Crippen LogP contribution is -1.99. The third-order valence-corrected chi connectivity index (χ3v) is 1.96. The Balaban J connectivity index is 3.07. The number of carbonyl (C=O) groups excluding carboxylic acids is 1. The Kier molecular flexibility index (Phi) is 8.30. The molecule has 0 bridgehead atoms. The molecule has 14 heavy (non-hydrogen) atoms. The summed E-state index contributed by atoms with van der Waals surface area (Å²) in [4.78, 5) is 10.4. The molecule has 0 saturated heterocycles. The average molecular weight is 198 g/mol. The van der Waals surface area contributed by atoms with Gasteiger partial charge in [-0.05, 0) is 33.1 Å². The van der Waals surface area contributed by atoms with Crippen molar-refractivity contribution in [3.05, 3.63) is 11.6 Å². The second kappa shape index (κ2) is 8.79. The van der Waals surface area contributed by atoms with Crippen LogP contribution in [0.3, 0.4) is 0 Å². The minimum absolute atomic E-state index is 0.172. The Morgan fingerprint density at radius 1 is 1.07 bits per heavy atom. The van der Waals surface area contributed by atoms with E-state index in [1.54, 1.807) is 0 Å². The van der Waals surface area contributed by atoms with Crippen LogP contribution in [0, 0.1) is 0 Å². The number of ether oxygens (including phenoxy) is 1. The lowest BCUT2D eigenvalue weighted by molar-refractivity contribution is -0.141. The van der Waals surface area contributed by atoms with E-state index in [0.717, 1.165) is 12.8 Å². The molecule has 82 valence electrons. The molecule has 0 radical (unpaired) electrons. The molecular weight excluding hydrogens is 176 g/mol. The van der Waals surface area contributed by atoms with Crippen molar-refractivity contribution in [2.45, 2.75) is 52.9 Å². The molecule has 0 amide bonds. The topological polar surface area (TPSA) is 26.3 Å². The number of esters is 1. The van der Waals surface area contributed by atoms with E-state index in [-0.39, 0.29) is 5.97 Å². The van der Waals surface area contributed by atoms with Crippen LogP contribution in [-0.2, 0) is 9.53 Å². The molecule has 2 heteroatoms. The van der Waals surface area contributed by atoms with Gasteiger partial charge in [0.15, 0.2) is 0 Å². The number of hydrogen-bond donors (Lipinski definition) is 0. The summed E-state index contributed by atoms with van der Waals surface area (Å²) in [5.74, 6) is -0.172. The largest absolute Gasteiger partial charge is 0.466 e. The molecule has 0 atom stereocenters. The normalized spacial score (nSPS) is 9.64. The molecular formula is C12H22O2. The first-order valence-electron chi connectivity index (χ1n) is 5.39. The van der Waals surface area contributed by atoms with E-state index in [2.05, 4.69) is 19.9 Å². The Morgan fingerprint density at radius 2 is 1.71 bits per heavy atom. The third kappa shape index (κ3) is 11.2. The zero-order valence-corrected chi connectivity index (χ0v) is 9.64. The van der Waals surface area contributed by atoms with Crippen molar-refractivity contribution >= 4 is 5.97 Å². The molecule has 0 N–H and O–H groups in total. The van der Waals surface area contributed by atoms with Gasteiger partial charge in [0.05, 0.1) is 6.61 Å². The summed E-state index contributed by atoms with van der Waals surface area (Å²) in [6, 6.07) is 0. The van der Waals surface area contributed by atoms with Gasteiger partial charge in [-0.25, -0.2) is 0 Å². The monoisotopic (exact) mass is 198 g/mol. The smallest absolute Gasteiger partial charge is 0.302 e. The van der Waals surface area contributed by atoms with Crippen LogP contribution in [0.4, 0.5) is 0 Å². The zero-order chi connectivity index (χ0) is 10.8. The van der Waals surface area contributed by atoms with E-state index in [0.29, 0.717) is 6.61 Å². The molecule has 0 saturated carbocycles. The molecule has 0 aromatic heterocycles. The second-order valence-corrected chi connectivity index (χ2v) is 3.82. The van der Waals surface area contributed by atoms with Gasteiger partial charge < -0.3 is 4.74 Å². The van der Waals surface area contributed by atoms with Crippen molar-refractivity contribution in [3.63, 3.8) is 0 Å². The fraction of sp³-hybridized carbons (Fsp3) is 0.750. The van der Waals surface area contributed by atoms with Gasteiger partial charge in [-0.1, -0.05) is 24.5 Å². The summed E-state index contributed by atoms with van der Waals surface area (Å²) in [5.41, 5.74) is 1.39. The van der Waals surface area contributed by atoms with Gasteiger partial charge in [-0.3, -0.25) is 4.79 Å². The van der Waals surface area contributed by atoms with Crippen molar-refractivity contribution < 1.29 is 9.53 Å². The second-order valence-electron chi connectivity index (χ2n) is 3.82. The van der Waals surface area contributed by atoms with Gasteiger partial charge in [0.2, 0.25) is 0 Å². The predicted octanol–water partition coefficient (Wildman–Crippen LogP) is 3.47. The molecule has 0 fully saturated rings. The predicted molar refractivity (Wildman–Crippen MR) is 59.1 cm³/mol. The summed E-state index contributed by atoms with van der Waals surface area (Å²) in [5, 5.41) is 0. The van der Waals surface area contributed by atoms with Crippen LogP contribution in [0.1, 0.15) is 52.9 Å². The maximum atomic E-state index is 10.4. The number of unbranched alkanes of at least 4 members (excludes halogenated alkanes) is 4. The van der Waals surface area contributed by atoms with Gasteiger partial charge >= 0.3 is 5.97 Å². The molecule has 0 heterocycles. The van der Waals surface area contributed by atoms with Crippen LogP contribution in [0.2, 0.25) is 0 Å². The van der Waals surface area contributed by atoms with Crippen molar-refractivity contribution in [1.82, 2.24) is 0 Å². The first kappa shape index (κ1) is 13.2.